The molecule has 33 heavy (non-hydrogen) atoms. The van der Waals surface area contributed by atoms with Crippen molar-refractivity contribution in [2.24, 2.45) is 0 Å². The van der Waals surface area contributed by atoms with Crippen molar-refractivity contribution in [2.45, 2.75) is 32.9 Å². The van der Waals surface area contributed by atoms with Crippen molar-refractivity contribution in [1.29, 1.82) is 0 Å². The number of hydrogen-bond donors (Lipinski definition) is 1. The molecule has 8 heteroatoms. The van der Waals surface area contributed by atoms with Crippen LogP contribution in [0.2, 0.25) is 5.15 Å². The van der Waals surface area contributed by atoms with Crippen LogP contribution in [-0.2, 0) is 11.3 Å². The summed E-state index contributed by atoms with van der Waals surface area (Å²) in [5.41, 5.74) is 0.989. The van der Waals surface area contributed by atoms with E-state index in [1.807, 2.05) is 0 Å². The fourth-order valence-corrected chi connectivity index (χ4v) is 3.63. The van der Waals surface area contributed by atoms with Crippen molar-refractivity contribution in [2.75, 3.05) is 0 Å². The van der Waals surface area contributed by atoms with Gasteiger partial charge in [-0.1, -0.05) is 35.9 Å². The van der Waals surface area contributed by atoms with E-state index < -0.39 is 17.1 Å². The number of fused-ring (bicyclic) bond motifs is 1. The zero-order chi connectivity index (χ0) is 23.8. The molecule has 0 unspecified atom stereocenters. The maximum atomic E-state index is 13.4. The van der Waals surface area contributed by atoms with Crippen LogP contribution in [0, 0.1) is 0 Å². The number of benzene rings is 1. The van der Waals surface area contributed by atoms with E-state index >= 15 is 0 Å². The number of nitrogens with zero attached hydrogens (tertiary/aromatic N) is 3. The van der Waals surface area contributed by atoms with E-state index in [0.717, 1.165) is 5.56 Å². The number of hydrogen-bond acceptors (Lipinski definition) is 5. The van der Waals surface area contributed by atoms with Crippen LogP contribution in [0.1, 0.15) is 36.7 Å². The average molecular weight is 465 g/mol. The molecule has 1 N–H and O–H groups in total. The molecular weight excluding hydrogens is 442 g/mol. The molecule has 0 bridgehead atoms. The number of aromatic nitrogens is 3. The number of carbonyl (C=O) groups is 1. The summed E-state index contributed by atoms with van der Waals surface area (Å²) in [7, 11) is 0. The molecule has 3 aromatic heterocycles. The van der Waals surface area contributed by atoms with Gasteiger partial charge in [0.2, 0.25) is 0 Å². The van der Waals surface area contributed by atoms with Gasteiger partial charge in [0.1, 0.15) is 17.3 Å². The van der Waals surface area contributed by atoms with Crippen molar-refractivity contribution in [3.63, 3.8) is 0 Å². The molecule has 0 atom stereocenters. The van der Waals surface area contributed by atoms with Gasteiger partial charge >= 0.3 is 11.5 Å². The summed E-state index contributed by atoms with van der Waals surface area (Å²) in [6.45, 7) is 5.60. The molecule has 168 valence electrons. The third-order valence-electron chi connectivity index (χ3n) is 4.94. The molecule has 4 aromatic rings. The first-order valence-electron chi connectivity index (χ1n) is 10.3. The highest BCUT2D eigenvalue weighted by atomic mass is 35.5. The molecule has 0 aliphatic heterocycles. The lowest BCUT2D eigenvalue weighted by Gasteiger charge is -2.19. The Bertz CT molecular complexity index is 1410. The Morgan fingerprint density at radius 2 is 1.94 bits per heavy atom. The number of carbonyl (C=O) groups excluding carboxylic acids is 1. The van der Waals surface area contributed by atoms with Gasteiger partial charge in [-0.3, -0.25) is 0 Å². The molecule has 3 heterocycles. The first-order valence-corrected chi connectivity index (χ1v) is 10.7. The molecule has 1 aromatic carbocycles. The minimum Gasteiger partial charge on any atom is -0.477 e. The Kier molecular flexibility index (Phi) is 5.91. The van der Waals surface area contributed by atoms with Crippen LogP contribution in [0.5, 0.6) is 5.88 Å². The van der Waals surface area contributed by atoms with Gasteiger partial charge in [0.05, 0.1) is 11.8 Å². The Hall–Kier alpha value is -3.71. The topological polar surface area (TPSA) is 84.8 Å². The summed E-state index contributed by atoms with van der Waals surface area (Å²) >= 11 is 5.90. The van der Waals surface area contributed by atoms with Gasteiger partial charge in [0, 0.05) is 17.8 Å². The first kappa shape index (κ1) is 22.5. The quantitative estimate of drug-likeness (QED) is 0.280. The number of aromatic hydroxyl groups is 1. The predicted octanol–water partition coefficient (Wildman–Crippen LogP) is 4.01. The van der Waals surface area contributed by atoms with Crippen molar-refractivity contribution < 1.29 is 19.2 Å². The summed E-state index contributed by atoms with van der Waals surface area (Å²) in [6, 6.07) is 15.2. The predicted molar refractivity (Wildman–Crippen MR) is 124 cm³/mol. The molecule has 0 radical (unpaired) electrons. The van der Waals surface area contributed by atoms with Crippen LogP contribution in [-0.4, -0.2) is 26.1 Å². The van der Waals surface area contributed by atoms with Crippen molar-refractivity contribution in [3.05, 3.63) is 93.6 Å². The number of halogens is 1. The van der Waals surface area contributed by atoms with Gasteiger partial charge in [-0.15, -0.1) is 0 Å². The average Bonchev–Trinajstić information content (AvgIpc) is 2.77. The van der Waals surface area contributed by atoms with Crippen LogP contribution < -0.4 is 10.1 Å². The van der Waals surface area contributed by atoms with E-state index in [9.17, 15) is 14.7 Å². The van der Waals surface area contributed by atoms with Crippen LogP contribution in [0.4, 0.5) is 0 Å². The number of esters is 1. The largest absolute Gasteiger partial charge is 0.477 e. The highest BCUT2D eigenvalue weighted by Crippen LogP contribution is 2.25. The van der Waals surface area contributed by atoms with Crippen molar-refractivity contribution >= 4 is 23.2 Å². The van der Waals surface area contributed by atoms with E-state index in [0.29, 0.717) is 16.4 Å². The monoisotopic (exact) mass is 464 g/mol. The Labute approximate surface area is 195 Å². The Balaban J connectivity index is 1.89. The molecule has 0 aliphatic rings. The van der Waals surface area contributed by atoms with Gasteiger partial charge in [-0.2, -0.15) is 8.97 Å². The summed E-state index contributed by atoms with van der Waals surface area (Å²) < 4.78 is 8.52. The minimum atomic E-state index is -0.659. The smallest absolute Gasteiger partial charge is 0.354 e. The summed E-state index contributed by atoms with van der Waals surface area (Å²) in [5.74, 6) is -0.729. The fraction of sp³-hybridized carbons (Fsp3) is 0.200. The first-order chi connectivity index (χ1) is 15.6. The molecule has 4 rings (SSSR count). The van der Waals surface area contributed by atoms with E-state index in [-0.39, 0.29) is 23.6 Å². The Morgan fingerprint density at radius 3 is 2.64 bits per heavy atom. The van der Waals surface area contributed by atoms with Gasteiger partial charge in [0.15, 0.2) is 5.56 Å². The van der Waals surface area contributed by atoms with Crippen molar-refractivity contribution in [1.82, 2.24) is 9.38 Å². The molecule has 0 aliphatic carbocycles. The van der Waals surface area contributed by atoms with Crippen LogP contribution in [0.25, 0.3) is 16.8 Å². The molecule has 0 amide bonds. The second-order valence-corrected chi connectivity index (χ2v) is 8.98. The SMILES string of the molecule is CC(C)(C)OC(=O)c1cccc(-c2c(O)[n+](Cc3ccc(Cl)nc3)c3ccccn3c2=O)c1. The van der Waals surface area contributed by atoms with E-state index in [1.165, 1.54) is 4.40 Å². The van der Waals surface area contributed by atoms with Crippen LogP contribution in [0.15, 0.2) is 71.8 Å². The van der Waals surface area contributed by atoms with Gasteiger partial charge in [0.25, 0.3) is 11.5 Å². The zero-order valence-electron chi connectivity index (χ0n) is 18.4. The lowest BCUT2D eigenvalue weighted by atomic mass is 10.0. The third-order valence-corrected chi connectivity index (χ3v) is 5.17. The highest BCUT2D eigenvalue weighted by molar-refractivity contribution is 6.29. The van der Waals surface area contributed by atoms with Gasteiger partial charge in [-0.05, 0) is 50.6 Å². The molecule has 0 saturated carbocycles. The van der Waals surface area contributed by atoms with Crippen molar-refractivity contribution in [3.8, 4) is 17.0 Å². The third kappa shape index (κ3) is 4.73. The molecule has 0 saturated heterocycles. The fourth-order valence-electron chi connectivity index (χ4n) is 3.52. The van der Waals surface area contributed by atoms with Gasteiger partial charge < -0.3 is 9.84 Å². The van der Waals surface area contributed by atoms with Crippen LogP contribution in [0.3, 0.4) is 0 Å². The minimum absolute atomic E-state index is 0.0750. The molecule has 0 fully saturated rings. The summed E-state index contributed by atoms with van der Waals surface area (Å²) in [6.07, 6.45) is 3.25. The zero-order valence-corrected chi connectivity index (χ0v) is 19.2. The summed E-state index contributed by atoms with van der Waals surface area (Å²) in [4.78, 5) is 30.0. The van der Waals surface area contributed by atoms with E-state index in [2.05, 4.69) is 4.98 Å². The number of rotatable bonds is 4. The maximum absolute atomic E-state index is 13.4. The molecule has 0 spiro atoms. The lowest BCUT2D eigenvalue weighted by Crippen LogP contribution is -2.41. The number of pyridine rings is 2. The number of ether oxygens (including phenoxy) is 1. The molecule has 7 nitrogen and oxygen atoms in total. The summed E-state index contributed by atoms with van der Waals surface area (Å²) in [5, 5.41) is 11.6. The Morgan fingerprint density at radius 1 is 1.15 bits per heavy atom. The second kappa shape index (κ2) is 8.67. The van der Waals surface area contributed by atoms with Gasteiger partial charge in [-0.25, -0.2) is 14.6 Å². The maximum Gasteiger partial charge on any atom is 0.354 e. The molecular formula is C25H23ClN3O4+. The normalized spacial score (nSPS) is 11.5. The van der Waals surface area contributed by atoms with E-state index in [4.69, 9.17) is 16.3 Å². The second-order valence-electron chi connectivity index (χ2n) is 8.59. The van der Waals surface area contributed by atoms with E-state index in [1.54, 1.807) is 92.3 Å². The standard InChI is InChI=1S/C25H22ClN3O4/c1-25(2,3)33-24(32)18-8-6-7-17(13-18)21-22(30)28-12-5-4-9-20(28)29(23(21)31)15-16-10-11-19(26)27-14-16/h4-14H,15H2,1-3H3/p+1. The van der Waals surface area contributed by atoms with Crippen LogP contribution >= 0.6 is 11.6 Å². The lowest BCUT2D eigenvalue weighted by molar-refractivity contribution is -0.671. The highest BCUT2D eigenvalue weighted by Gasteiger charge is 2.26.